The molecule has 0 aliphatic carbocycles. The zero-order valence-corrected chi connectivity index (χ0v) is 34.8. The Morgan fingerprint density at radius 2 is 0.867 bits per heavy atom. The van der Waals surface area contributed by atoms with E-state index in [1.165, 1.54) is 0 Å². The van der Waals surface area contributed by atoms with Crippen molar-refractivity contribution in [3.05, 3.63) is 149 Å². The number of methoxy groups -OCH3 is 3. The number of esters is 3. The van der Waals surface area contributed by atoms with Crippen LogP contribution in [0.15, 0.2) is 115 Å². The van der Waals surface area contributed by atoms with Crippen molar-refractivity contribution in [3.63, 3.8) is 0 Å². The lowest BCUT2D eigenvalue weighted by atomic mass is 9.97. The lowest BCUT2D eigenvalue weighted by Crippen LogP contribution is -2.23. The summed E-state index contributed by atoms with van der Waals surface area (Å²) in [4.78, 5) is 44.4. The number of benzene rings is 6. The Kier molecular flexibility index (Phi) is 12.3. The molecule has 0 spiro atoms. The maximum atomic E-state index is 13.9. The first-order valence-corrected chi connectivity index (χ1v) is 19.8. The fourth-order valence-electron chi connectivity index (χ4n) is 7.20. The maximum absolute atomic E-state index is 13.9. The maximum Gasteiger partial charge on any atom is 0.318 e. The zero-order chi connectivity index (χ0) is 42.5. The van der Waals surface area contributed by atoms with Gasteiger partial charge in [0.05, 0.1) is 50.2 Å². The summed E-state index contributed by atoms with van der Waals surface area (Å²) < 4.78 is 34.1. The third-order valence-corrected chi connectivity index (χ3v) is 11.2. The summed E-state index contributed by atoms with van der Waals surface area (Å²) in [7, 11) is 4.86. The summed E-state index contributed by atoms with van der Waals surface area (Å²) in [6.07, 6.45) is 1.68. The van der Waals surface area contributed by atoms with Gasteiger partial charge in [-0.2, -0.15) is 0 Å². The van der Waals surface area contributed by atoms with Crippen molar-refractivity contribution in [1.29, 1.82) is 0 Å². The van der Waals surface area contributed by atoms with Gasteiger partial charge in [0, 0.05) is 6.92 Å². The van der Waals surface area contributed by atoms with Gasteiger partial charge in [-0.25, -0.2) is 4.98 Å². The molecule has 10 nitrogen and oxygen atoms in total. The summed E-state index contributed by atoms with van der Waals surface area (Å²) in [6.45, 7) is 6.71. The number of rotatable bonds is 14. The van der Waals surface area contributed by atoms with Gasteiger partial charge in [0.1, 0.15) is 30.5 Å². The van der Waals surface area contributed by atoms with Crippen LogP contribution in [0.3, 0.4) is 0 Å². The Labute approximate surface area is 349 Å². The topological polar surface area (TPSA) is 121 Å². The molecule has 306 valence electrons. The van der Waals surface area contributed by atoms with E-state index < -0.39 is 35.7 Å². The number of nitrogens with one attached hydrogen (secondary N) is 1. The molecule has 7 rings (SSSR count). The van der Waals surface area contributed by atoms with Gasteiger partial charge in [0.2, 0.25) is 11.4 Å². The quantitative estimate of drug-likeness (QED) is 0.0990. The van der Waals surface area contributed by atoms with Gasteiger partial charge in [0.15, 0.2) is 6.20 Å². The number of ether oxygens (including phenoxy) is 6. The molecule has 0 saturated carbocycles. The molecule has 1 N–H and O–H groups in total. The van der Waals surface area contributed by atoms with Crippen molar-refractivity contribution in [2.75, 3.05) is 21.3 Å². The van der Waals surface area contributed by atoms with Gasteiger partial charge in [-0.3, -0.25) is 14.4 Å². The number of aromatic nitrogens is 1. The third kappa shape index (κ3) is 8.88. The molecule has 0 unspecified atom stereocenters. The highest BCUT2D eigenvalue weighted by atomic mass is 16.6. The Bertz CT molecular complexity index is 2740. The van der Waals surface area contributed by atoms with Gasteiger partial charge in [-0.1, -0.05) is 72.8 Å². The second-order valence-electron chi connectivity index (χ2n) is 15.0. The van der Waals surface area contributed by atoms with E-state index in [2.05, 4.69) is 4.98 Å². The van der Waals surface area contributed by atoms with Crippen molar-refractivity contribution < 1.29 is 47.8 Å². The number of pyridine rings is 1. The second kappa shape index (κ2) is 17.9. The highest BCUT2D eigenvalue weighted by Gasteiger charge is 2.28. The zero-order valence-electron chi connectivity index (χ0n) is 34.8. The van der Waals surface area contributed by atoms with Gasteiger partial charge >= 0.3 is 17.9 Å². The van der Waals surface area contributed by atoms with Crippen LogP contribution in [0.25, 0.3) is 32.3 Å². The Morgan fingerprint density at radius 3 is 1.28 bits per heavy atom. The van der Waals surface area contributed by atoms with Crippen LogP contribution >= 0.6 is 0 Å². The van der Waals surface area contributed by atoms with E-state index in [0.717, 1.165) is 66.3 Å². The monoisotopic (exact) mass is 806 g/mol. The number of hydrogen-bond donors (Lipinski definition) is 0. The molecule has 6 aromatic carbocycles. The summed E-state index contributed by atoms with van der Waals surface area (Å²) >= 11 is 0. The molecule has 3 atom stereocenters. The van der Waals surface area contributed by atoms with Crippen LogP contribution in [-0.2, 0) is 37.1 Å². The van der Waals surface area contributed by atoms with Gasteiger partial charge in [-0.15, -0.1) is 0 Å². The molecule has 1 aromatic heterocycles. The number of carbonyl (C=O) groups excluding carboxylic acids is 3. The fraction of sp³-hybridized carbons (Fsp3) is 0.240. The molecule has 1 heterocycles. The summed E-state index contributed by atoms with van der Waals surface area (Å²) in [5.74, 6) is -0.850. The lowest BCUT2D eigenvalue weighted by Gasteiger charge is -2.18. The molecule has 7 aromatic rings. The van der Waals surface area contributed by atoms with E-state index in [9.17, 15) is 14.4 Å². The Morgan fingerprint density at radius 1 is 0.500 bits per heavy atom. The molecule has 0 bridgehead atoms. The van der Waals surface area contributed by atoms with E-state index in [4.69, 9.17) is 28.4 Å². The van der Waals surface area contributed by atoms with Crippen LogP contribution in [0.1, 0.15) is 72.0 Å². The van der Waals surface area contributed by atoms with E-state index in [1.807, 2.05) is 109 Å². The number of aromatic amines is 1. The number of hydrogen-bond acceptors (Lipinski definition) is 9. The molecule has 0 saturated heterocycles. The van der Waals surface area contributed by atoms with E-state index in [-0.39, 0.29) is 19.0 Å². The molecule has 60 heavy (non-hydrogen) atoms. The molecule has 0 radical (unpaired) electrons. The Balaban J connectivity index is 1.14. The molecular weight excluding hydrogens is 759 g/mol. The van der Waals surface area contributed by atoms with Crippen LogP contribution in [0, 0.1) is 6.92 Å². The highest BCUT2D eigenvalue weighted by Crippen LogP contribution is 2.32. The van der Waals surface area contributed by atoms with Gasteiger partial charge in [0.25, 0.3) is 0 Å². The van der Waals surface area contributed by atoms with E-state index in [0.29, 0.717) is 16.8 Å². The fourth-order valence-corrected chi connectivity index (χ4v) is 7.20. The van der Waals surface area contributed by atoms with Crippen LogP contribution in [0.2, 0.25) is 0 Å². The number of fused-ring (bicyclic) bond motifs is 3. The van der Waals surface area contributed by atoms with Gasteiger partial charge in [-0.05, 0) is 106 Å². The normalized spacial score (nSPS) is 12.7. The minimum absolute atomic E-state index is 0.171. The SMILES string of the molecule is COc1ccc2cc([C@H](C)C(=O)OCc3c[nH+]c(C)c(OC(=O)[C@@H](C)c4ccc5cc(OC)ccc5c4)c3COC(=O)[C@@H](C)c3ccc4cc(OC)ccc4c3)ccc2c1. The van der Waals surface area contributed by atoms with Crippen LogP contribution in [0.5, 0.6) is 23.0 Å². The summed E-state index contributed by atoms with van der Waals surface area (Å²) in [6, 6.07) is 34.7. The van der Waals surface area contributed by atoms with Crippen molar-refractivity contribution in [3.8, 4) is 23.0 Å². The first kappa shape index (κ1) is 41.2. The number of aryl methyl sites for hydroxylation is 1. The first-order chi connectivity index (χ1) is 29.0. The van der Waals surface area contributed by atoms with Crippen molar-refractivity contribution in [2.45, 2.75) is 58.7 Å². The number of H-pyrrole nitrogens is 1. The molecule has 0 aliphatic rings. The molecule has 10 heteroatoms. The lowest BCUT2D eigenvalue weighted by molar-refractivity contribution is -0.389. The van der Waals surface area contributed by atoms with Crippen molar-refractivity contribution in [2.24, 2.45) is 0 Å². The van der Waals surface area contributed by atoms with Crippen LogP contribution in [-0.4, -0.2) is 39.2 Å². The molecule has 0 amide bonds. The van der Waals surface area contributed by atoms with Crippen LogP contribution in [0.4, 0.5) is 0 Å². The first-order valence-electron chi connectivity index (χ1n) is 19.8. The Hall–Kier alpha value is -6.94. The largest absolute Gasteiger partial charge is 0.497 e. The third-order valence-electron chi connectivity index (χ3n) is 11.2. The average Bonchev–Trinajstić information content (AvgIpc) is 3.28. The predicted octanol–water partition coefficient (Wildman–Crippen LogP) is 9.70. The smallest absolute Gasteiger partial charge is 0.318 e. The standard InChI is InChI=1S/C50H47NO9/c1-29(33-8-11-39-23-43(55-5)17-14-36(39)20-33)48(52)58-27-42-26-51-32(4)47(60-50(54)31(3)35-10-13-41-25-45(57-7)19-16-38(41)22-35)46(42)28-59-49(53)30(2)34-9-12-40-24-44(56-6)18-15-37(40)21-34/h8-26,29-31H,27-28H2,1-7H3/p+1/t29-,30-,31-/m0/s1. The van der Waals surface area contributed by atoms with E-state index >= 15 is 0 Å². The minimum atomic E-state index is -0.649. The summed E-state index contributed by atoms with van der Waals surface area (Å²) in [5, 5.41) is 5.82. The molecule has 0 fully saturated rings. The second-order valence-corrected chi connectivity index (χ2v) is 15.0. The molecule has 0 aliphatic heterocycles. The summed E-state index contributed by atoms with van der Waals surface area (Å²) in [5.41, 5.74) is 3.76. The van der Waals surface area contributed by atoms with Crippen LogP contribution < -0.4 is 23.9 Å². The van der Waals surface area contributed by atoms with Gasteiger partial charge < -0.3 is 28.4 Å². The predicted molar refractivity (Wildman–Crippen MR) is 230 cm³/mol. The van der Waals surface area contributed by atoms with E-state index in [1.54, 1.807) is 55.2 Å². The minimum Gasteiger partial charge on any atom is -0.497 e. The average molecular weight is 807 g/mol. The molecular formula is C50H48NO9+. The highest BCUT2D eigenvalue weighted by molar-refractivity contribution is 5.89. The van der Waals surface area contributed by atoms with Crippen molar-refractivity contribution >= 4 is 50.2 Å². The number of carbonyl (C=O) groups is 3. The van der Waals surface area contributed by atoms with Crippen molar-refractivity contribution in [1.82, 2.24) is 0 Å².